The van der Waals surface area contributed by atoms with Crippen molar-refractivity contribution in [2.75, 3.05) is 16.8 Å². The highest BCUT2D eigenvalue weighted by Crippen LogP contribution is 2.31. The monoisotopic (exact) mass is 348 g/mol. The molecule has 0 fully saturated rings. The normalized spacial score (nSPS) is 13.2. The molecule has 2 aromatic rings. The van der Waals surface area contributed by atoms with Gasteiger partial charge in [-0.05, 0) is 48.9 Å². The van der Waals surface area contributed by atoms with Crippen LogP contribution in [0.5, 0.6) is 0 Å². The number of rotatable bonds is 3. The highest BCUT2D eigenvalue weighted by atomic mass is 35.5. The van der Waals surface area contributed by atoms with Crippen LogP contribution in [0, 0.1) is 0 Å². The Morgan fingerprint density at radius 3 is 2.74 bits per heavy atom. The molecule has 4 nitrogen and oxygen atoms in total. The lowest BCUT2D eigenvalue weighted by atomic mass is 10.1. The van der Waals surface area contributed by atoms with Crippen molar-refractivity contribution in [2.45, 2.75) is 13.3 Å². The van der Waals surface area contributed by atoms with Crippen LogP contribution in [0.15, 0.2) is 36.4 Å². The summed E-state index contributed by atoms with van der Waals surface area (Å²) < 4.78 is 0. The second kappa shape index (κ2) is 6.22. The molecule has 6 heteroatoms. The lowest BCUT2D eigenvalue weighted by Crippen LogP contribution is -2.25. The van der Waals surface area contributed by atoms with Gasteiger partial charge in [-0.2, -0.15) is 0 Å². The number of amides is 2. The molecule has 0 atom stereocenters. The molecule has 118 valence electrons. The Morgan fingerprint density at radius 1 is 1.22 bits per heavy atom. The number of hydrogen-bond acceptors (Lipinski definition) is 2. The minimum absolute atomic E-state index is 0.0730. The molecule has 0 unspecified atom stereocenters. The van der Waals surface area contributed by atoms with Gasteiger partial charge in [0.2, 0.25) is 5.91 Å². The van der Waals surface area contributed by atoms with E-state index in [-0.39, 0.29) is 11.8 Å². The van der Waals surface area contributed by atoms with E-state index in [1.807, 2.05) is 19.1 Å². The lowest BCUT2D eigenvalue weighted by molar-refractivity contribution is -0.117. The molecule has 2 amide bonds. The van der Waals surface area contributed by atoms with Gasteiger partial charge in [0.25, 0.3) is 5.91 Å². The fourth-order valence-corrected chi connectivity index (χ4v) is 3.05. The van der Waals surface area contributed by atoms with E-state index >= 15 is 0 Å². The molecular weight excluding hydrogens is 335 g/mol. The molecule has 0 saturated carbocycles. The molecule has 0 radical (unpaired) electrons. The van der Waals surface area contributed by atoms with Crippen LogP contribution in [0.2, 0.25) is 10.0 Å². The minimum atomic E-state index is -0.339. The van der Waals surface area contributed by atoms with Crippen LogP contribution >= 0.6 is 23.2 Å². The summed E-state index contributed by atoms with van der Waals surface area (Å²) in [4.78, 5) is 26.0. The number of nitrogens with zero attached hydrogens (tertiary/aromatic N) is 1. The quantitative estimate of drug-likeness (QED) is 0.905. The van der Waals surface area contributed by atoms with Gasteiger partial charge in [0, 0.05) is 22.9 Å². The van der Waals surface area contributed by atoms with Crippen molar-refractivity contribution < 1.29 is 9.59 Å². The largest absolute Gasteiger partial charge is 0.322 e. The Kier molecular flexibility index (Phi) is 4.28. The van der Waals surface area contributed by atoms with E-state index in [9.17, 15) is 9.59 Å². The van der Waals surface area contributed by atoms with Crippen molar-refractivity contribution in [3.05, 3.63) is 57.6 Å². The molecule has 0 saturated heterocycles. The minimum Gasteiger partial charge on any atom is -0.322 e. The summed E-state index contributed by atoms with van der Waals surface area (Å²) in [7, 11) is 0. The van der Waals surface area contributed by atoms with Gasteiger partial charge in [-0.25, -0.2) is 0 Å². The van der Waals surface area contributed by atoms with Crippen LogP contribution in [0.1, 0.15) is 22.8 Å². The molecule has 1 aliphatic heterocycles. The van der Waals surface area contributed by atoms with Crippen molar-refractivity contribution in [3.8, 4) is 0 Å². The van der Waals surface area contributed by atoms with Crippen molar-refractivity contribution in [1.82, 2.24) is 0 Å². The predicted octanol–water partition coefficient (Wildman–Crippen LogP) is 4.15. The second-order valence-electron chi connectivity index (χ2n) is 5.24. The molecule has 2 aromatic carbocycles. The van der Waals surface area contributed by atoms with Gasteiger partial charge >= 0.3 is 0 Å². The summed E-state index contributed by atoms with van der Waals surface area (Å²) in [5.41, 5.74) is 2.74. The van der Waals surface area contributed by atoms with E-state index in [0.29, 0.717) is 34.3 Å². The van der Waals surface area contributed by atoms with E-state index in [0.717, 1.165) is 11.3 Å². The highest BCUT2D eigenvalue weighted by molar-refractivity contribution is 6.36. The number of carbonyl (C=O) groups excluding carboxylic acids is 2. The average Bonchev–Trinajstić information content (AvgIpc) is 2.83. The van der Waals surface area contributed by atoms with E-state index in [1.54, 1.807) is 23.1 Å². The van der Waals surface area contributed by atoms with Gasteiger partial charge in [-0.3, -0.25) is 9.59 Å². The zero-order valence-electron chi connectivity index (χ0n) is 12.4. The number of likely N-dealkylation sites (N-methyl/N-ethyl adjacent to an activating group) is 1. The van der Waals surface area contributed by atoms with Crippen molar-refractivity contribution >= 4 is 46.4 Å². The molecule has 1 N–H and O–H groups in total. The molecule has 0 aliphatic carbocycles. The van der Waals surface area contributed by atoms with Crippen LogP contribution in [0.4, 0.5) is 11.4 Å². The Bertz CT molecular complexity index is 805. The number of fused-ring (bicyclic) bond motifs is 1. The first-order chi connectivity index (χ1) is 11.0. The molecule has 3 rings (SSSR count). The average molecular weight is 349 g/mol. The molecule has 1 heterocycles. The predicted molar refractivity (Wildman–Crippen MR) is 92.6 cm³/mol. The smallest absolute Gasteiger partial charge is 0.257 e. The number of hydrogen-bond donors (Lipinski definition) is 1. The first kappa shape index (κ1) is 15.8. The fraction of sp³-hybridized carbons (Fsp3) is 0.176. The van der Waals surface area contributed by atoms with Gasteiger partial charge < -0.3 is 10.2 Å². The Morgan fingerprint density at radius 2 is 2.00 bits per heavy atom. The maximum atomic E-state index is 12.3. The number of carbonyl (C=O) groups is 2. The van der Waals surface area contributed by atoms with Crippen molar-refractivity contribution in [3.63, 3.8) is 0 Å². The molecule has 23 heavy (non-hydrogen) atoms. The maximum Gasteiger partial charge on any atom is 0.257 e. The standard InChI is InChI=1S/C17H14Cl2N2O2/c1-2-21-15-6-4-12(7-10(15)8-16(21)22)20-17(23)13-9-11(18)3-5-14(13)19/h3-7,9H,2,8H2,1H3,(H,20,23). The third-order valence-electron chi connectivity index (χ3n) is 3.76. The number of nitrogens with one attached hydrogen (secondary N) is 1. The van der Waals surface area contributed by atoms with E-state index in [2.05, 4.69) is 5.32 Å². The third-order valence-corrected chi connectivity index (χ3v) is 4.32. The summed E-state index contributed by atoms with van der Waals surface area (Å²) in [6.07, 6.45) is 0.352. The van der Waals surface area contributed by atoms with Crippen LogP contribution in [-0.2, 0) is 11.2 Å². The summed E-state index contributed by atoms with van der Waals surface area (Å²) in [6, 6.07) is 10.2. The van der Waals surface area contributed by atoms with Crippen molar-refractivity contribution in [1.29, 1.82) is 0 Å². The molecule has 1 aliphatic rings. The molecular formula is C17H14Cl2N2O2. The van der Waals surface area contributed by atoms with Gasteiger partial charge in [0.05, 0.1) is 17.0 Å². The molecule has 0 bridgehead atoms. The zero-order valence-corrected chi connectivity index (χ0v) is 13.9. The second-order valence-corrected chi connectivity index (χ2v) is 6.08. The summed E-state index contributed by atoms with van der Waals surface area (Å²) in [6.45, 7) is 2.57. The van der Waals surface area contributed by atoms with E-state index in [4.69, 9.17) is 23.2 Å². The molecule has 0 spiro atoms. The fourth-order valence-electron chi connectivity index (χ4n) is 2.68. The number of benzene rings is 2. The first-order valence-corrected chi connectivity index (χ1v) is 7.95. The van der Waals surface area contributed by atoms with Gasteiger partial charge in [-0.1, -0.05) is 23.2 Å². The topological polar surface area (TPSA) is 49.4 Å². The van der Waals surface area contributed by atoms with Crippen LogP contribution in [0.25, 0.3) is 0 Å². The van der Waals surface area contributed by atoms with E-state index in [1.165, 1.54) is 6.07 Å². The Hall–Kier alpha value is -2.04. The van der Waals surface area contributed by atoms with Gasteiger partial charge in [0.1, 0.15) is 0 Å². The number of anilines is 2. The van der Waals surface area contributed by atoms with Crippen LogP contribution in [-0.4, -0.2) is 18.4 Å². The van der Waals surface area contributed by atoms with Gasteiger partial charge in [0.15, 0.2) is 0 Å². The number of halogens is 2. The van der Waals surface area contributed by atoms with Crippen LogP contribution < -0.4 is 10.2 Å². The SMILES string of the molecule is CCN1C(=O)Cc2cc(NC(=O)c3cc(Cl)ccc3Cl)ccc21. The highest BCUT2D eigenvalue weighted by Gasteiger charge is 2.26. The first-order valence-electron chi connectivity index (χ1n) is 7.19. The third kappa shape index (κ3) is 3.05. The Balaban J connectivity index is 1.85. The van der Waals surface area contributed by atoms with E-state index < -0.39 is 0 Å². The summed E-state index contributed by atoms with van der Waals surface area (Å²) >= 11 is 11.9. The summed E-state index contributed by atoms with van der Waals surface area (Å²) in [5.74, 6) is -0.266. The zero-order chi connectivity index (χ0) is 16.6. The lowest BCUT2D eigenvalue weighted by Gasteiger charge is -2.15. The van der Waals surface area contributed by atoms with Gasteiger partial charge in [-0.15, -0.1) is 0 Å². The Labute approximate surface area is 144 Å². The maximum absolute atomic E-state index is 12.3. The van der Waals surface area contributed by atoms with Crippen LogP contribution in [0.3, 0.4) is 0 Å². The molecule has 0 aromatic heterocycles. The van der Waals surface area contributed by atoms with Crippen molar-refractivity contribution in [2.24, 2.45) is 0 Å². The summed E-state index contributed by atoms with van der Waals surface area (Å²) in [5, 5.41) is 3.57.